The van der Waals surface area contributed by atoms with Crippen LogP contribution in [0.1, 0.15) is 19.2 Å². The molecule has 4 nitrogen and oxygen atoms in total. The van der Waals surface area contributed by atoms with Crippen molar-refractivity contribution in [2.24, 2.45) is 0 Å². The fourth-order valence-electron chi connectivity index (χ4n) is 7.06. The lowest BCUT2D eigenvalue weighted by atomic mass is 9.93. The molecule has 262 valence electrons. The van der Waals surface area contributed by atoms with Crippen LogP contribution in [0.3, 0.4) is 0 Å². The molecule has 0 aliphatic heterocycles. The average Bonchev–Trinajstić information content (AvgIpc) is 3.94. The summed E-state index contributed by atoms with van der Waals surface area (Å²) in [5, 5.41) is 3.56. The van der Waals surface area contributed by atoms with Crippen LogP contribution in [0.5, 0.6) is 0 Å². The lowest BCUT2D eigenvalue weighted by Gasteiger charge is -2.14. The highest BCUT2D eigenvalue weighted by molar-refractivity contribution is 6.07. The molecule has 0 bridgehead atoms. The van der Waals surface area contributed by atoms with Gasteiger partial charge in [0.05, 0.1) is 30.6 Å². The summed E-state index contributed by atoms with van der Waals surface area (Å²) in [5.41, 5.74) is 4.32. The zero-order valence-electron chi connectivity index (χ0n) is 43.1. The highest BCUT2D eigenvalue weighted by Gasteiger charge is 2.16. The van der Waals surface area contributed by atoms with Crippen LogP contribution in [0.2, 0.25) is 0 Å². The van der Waals surface area contributed by atoms with Crippen molar-refractivity contribution in [3.05, 3.63) is 194 Å². The Bertz CT molecular complexity index is 3870. The minimum Gasteiger partial charge on any atom is -0.456 e. The molecule has 4 heteroatoms. The van der Waals surface area contributed by atoms with Crippen LogP contribution in [0, 0.1) is 0 Å². The molecule has 0 fully saturated rings. The first-order valence-electron chi connectivity index (χ1n) is 24.7. The van der Waals surface area contributed by atoms with Gasteiger partial charge in [0, 0.05) is 38.2 Å². The molecule has 3 heterocycles. The molecular formula is C52H32N2O2. The molecule has 0 atom stereocenters. The Morgan fingerprint density at radius 1 is 0.321 bits per heavy atom. The smallest absolute Gasteiger partial charge is 0.160 e. The Hall–Kier alpha value is -7.56. The molecule has 0 radical (unpaired) electrons. The van der Waals surface area contributed by atoms with Crippen LogP contribution in [-0.4, -0.2) is 9.97 Å². The van der Waals surface area contributed by atoms with E-state index in [0.29, 0.717) is 39.0 Å². The standard InChI is InChI=1S/C52H32N2O2/c1-3-11-33(12-4-1)34-19-21-35(22-20-34)46-32-47(54-52(53-46)36-13-5-2-6-14-36)41-28-39(37-23-25-50-44(30-37)42-15-7-9-17-48(42)55-50)27-40(29-41)38-24-26-51-45(31-38)43-16-8-10-18-49(43)56-51/h1-32H/i1D,2D,3D,4D,5D,6D,11D,12D,13D,14D,19D,20D,21D,22D. The number of rotatable bonds is 6. The second-order valence-electron chi connectivity index (χ2n) is 13.1. The zero-order chi connectivity index (χ0) is 49.2. The normalized spacial score (nSPS) is 15.1. The molecule has 0 saturated carbocycles. The quantitative estimate of drug-likeness (QED) is 0.171. The molecule has 0 unspecified atom stereocenters. The van der Waals surface area contributed by atoms with Crippen LogP contribution in [-0.2, 0) is 0 Å². The molecule has 0 spiro atoms. The first-order chi connectivity index (χ1) is 33.5. The SMILES string of the molecule is [2H]c1c([2H])c([2H])c(-c2nc(-c3cc(-c4ccc5oc6ccccc6c5c4)cc(-c4ccc5oc6ccccc6c5c4)c3)cc(-c3c([2H])c([2H])c(-c4c([2H])c([2H])c([2H])c([2H])c4[2H])c([2H])c3[2H])n2)c([2H])c1[2H]. The van der Waals surface area contributed by atoms with Gasteiger partial charge in [0.15, 0.2) is 5.82 Å². The molecule has 0 aliphatic carbocycles. The molecule has 0 N–H and O–H groups in total. The van der Waals surface area contributed by atoms with E-state index in [9.17, 15) is 2.74 Å². The van der Waals surface area contributed by atoms with E-state index in [-0.39, 0.29) is 28.3 Å². The van der Waals surface area contributed by atoms with Gasteiger partial charge < -0.3 is 8.83 Å². The van der Waals surface area contributed by atoms with Crippen LogP contribution in [0.15, 0.2) is 203 Å². The van der Waals surface area contributed by atoms with E-state index in [0.717, 1.165) is 32.7 Å². The number of nitrogens with zero attached hydrogens (tertiary/aromatic N) is 2. The largest absolute Gasteiger partial charge is 0.456 e. The number of furan rings is 2. The predicted molar refractivity (Wildman–Crippen MR) is 229 cm³/mol. The van der Waals surface area contributed by atoms with E-state index >= 15 is 0 Å². The number of hydrogen-bond acceptors (Lipinski definition) is 4. The summed E-state index contributed by atoms with van der Waals surface area (Å²) in [6.45, 7) is 0. The van der Waals surface area contributed by atoms with Crippen molar-refractivity contribution in [3.63, 3.8) is 0 Å². The molecule has 0 amide bonds. The van der Waals surface area contributed by atoms with E-state index in [2.05, 4.69) is 4.98 Å². The Morgan fingerprint density at radius 2 is 0.768 bits per heavy atom. The molecule has 11 aromatic rings. The average molecular weight is 731 g/mol. The molecule has 8 aromatic carbocycles. The van der Waals surface area contributed by atoms with Gasteiger partial charge in [-0.2, -0.15) is 0 Å². The van der Waals surface area contributed by atoms with Crippen molar-refractivity contribution in [2.45, 2.75) is 0 Å². The van der Waals surface area contributed by atoms with Gasteiger partial charge >= 0.3 is 0 Å². The van der Waals surface area contributed by atoms with Crippen molar-refractivity contribution >= 4 is 43.9 Å². The Balaban J connectivity index is 1.20. The van der Waals surface area contributed by atoms with E-state index in [1.807, 2.05) is 103 Å². The lowest BCUT2D eigenvalue weighted by molar-refractivity contribution is 0.668. The number of benzene rings is 8. The van der Waals surface area contributed by atoms with E-state index in [4.69, 9.17) is 30.3 Å². The molecule has 56 heavy (non-hydrogen) atoms. The minimum atomic E-state index is -0.729. The highest BCUT2D eigenvalue weighted by atomic mass is 16.3. The highest BCUT2D eigenvalue weighted by Crippen LogP contribution is 2.39. The van der Waals surface area contributed by atoms with Gasteiger partial charge in [0.25, 0.3) is 0 Å². The van der Waals surface area contributed by atoms with Crippen LogP contribution >= 0.6 is 0 Å². The maximum atomic E-state index is 9.32. The van der Waals surface area contributed by atoms with E-state index in [1.165, 1.54) is 6.07 Å². The summed E-state index contributed by atoms with van der Waals surface area (Å²) in [5.74, 6) is -0.374. The Labute approximate surface area is 342 Å². The summed E-state index contributed by atoms with van der Waals surface area (Å²) in [6, 6.07) is 24.5. The Morgan fingerprint density at radius 3 is 1.34 bits per heavy atom. The maximum absolute atomic E-state index is 9.32. The number of aromatic nitrogens is 2. The van der Waals surface area contributed by atoms with Gasteiger partial charge in [-0.05, 0) is 94.0 Å². The third-order valence-electron chi connectivity index (χ3n) is 9.73. The zero-order valence-corrected chi connectivity index (χ0v) is 29.1. The fourth-order valence-corrected chi connectivity index (χ4v) is 7.06. The maximum Gasteiger partial charge on any atom is 0.160 e. The van der Waals surface area contributed by atoms with E-state index < -0.39 is 95.7 Å². The van der Waals surface area contributed by atoms with Gasteiger partial charge in [0.2, 0.25) is 0 Å². The van der Waals surface area contributed by atoms with Gasteiger partial charge in [-0.15, -0.1) is 0 Å². The summed E-state index contributed by atoms with van der Waals surface area (Å²) in [6.07, 6.45) is 0. The van der Waals surface area contributed by atoms with Crippen molar-refractivity contribution < 1.29 is 28.0 Å². The molecule has 0 aliphatic rings. The third-order valence-corrected chi connectivity index (χ3v) is 9.73. The Kier molecular flexibility index (Phi) is 4.85. The second kappa shape index (κ2) is 13.1. The fraction of sp³-hybridized carbons (Fsp3) is 0. The van der Waals surface area contributed by atoms with Gasteiger partial charge in [-0.1, -0.05) is 133 Å². The molecular weight excluding hydrogens is 685 g/mol. The molecule has 0 saturated heterocycles. The van der Waals surface area contributed by atoms with Crippen LogP contribution in [0.4, 0.5) is 0 Å². The lowest BCUT2D eigenvalue weighted by Crippen LogP contribution is -1.96. The summed E-state index contributed by atoms with van der Waals surface area (Å²) >= 11 is 0. The third kappa shape index (κ3) is 5.64. The van der Waals surface area contributed by atoms with Crippen LogP contribution < -0.4 is 0 Å². The monoisotopic (exact) mass is 730 g/mol. The summed E-state index contributed by atoms with van der Waals surface area (Å²) in [7, 11) is 0. The number of fused-ring (bicyclic) bond motifs is 6. The van der Waals surface area contributed by atoms with Crippen molar-refractivity contribution in [3.8, 4) is 67.3 Å². The number of hydrogen-bond donors (Lipinski definition) is 0. The van der Waals surface area contributed by atoms with Gasteiger partial charge in [-0.25, -0.2) is 9.97 Å². The van der Waals surface area contributed by atoms with Gasteiger partial charge in [0.1, 0.15) is 22.3 Å². The van der Waals surface area contributed by atoms with Crippen molar-refractivity contribution in [2.75, 3.05) is 0 Å². The minimum absolute atomic E-state index is 0.117. The topological polar surface area (TPSA) is 52.1 Å². The van der Waals surface area contributed by atoms with E-state index in [1.54, 1.807) is 0 Å². The van der Waals surface area contributed by atoms with Crippen molar-refractivity contribution in [1.82, 2.24) is 9.97 Å². The second-order valence-corrected chi connectivity index (χ2v) is 13.1. The molecule has 11 rings (SSSR count). The first kappa shape index (κ1) is 20.8. The van der Waals surface area contributed by atoms with Crippen molar-refractivity contribution in [1.29, 1.82) is 0 Å². The summed E-state index contributed by atoms with van der Waals surface area (Å²) < 4.78 is 134. The first-order valence-corrected chi connectivity index (χ1v) is 17.7. The predicted octanol–water partition coefficient (Wildman–Crippen LogP) is 14.3. The van der Waals surface area contributed by atoms with Crippen LogP contribution in [0.25, 0.3) is 111 Å². The van der Waals surface area contributed by atoms with Gasteiger partial charge in [-0.3, -0.25) is 0 Å². The summed E-state index contributed by atoms with van der Waals surface area (Å²) in [4.78, 5) is 9.48. The molecule has 3 aromatic heterocycles. The number of para-hydroxylation sites is 2.